The van der Waals surface area contributed by atoms with Gasteiger partial charge in [0.25, 0.3) is 0 Å². The molecule has 0 radical (unpaired) electrons. The molecule has 0 aromatic heterocycles. The van der Waals surface area contributed by atoms with E-state index in [-0.39, 0.29) is 11.5 Å². The summed E-state index contributed by atoms with van der Waals surface area (Å²) >= 11 is 0. The van der Waals surface area contributed by atoms with Crippen LogP contribution >= 0.6 is 0 Å². The first-order valence-electron chi connectivity index (χ1n) is 9.75. The molecule has 146 valence electrons. The second-order valence-electron chi connectivity index (χ2n) is 6.38. The van der Waals surface area contributed by atoms with Gasteiger partial charge in [0.1, 0.15) is 5.75 Å². The van der Waals surface area contributed by atoms with Gasteiger partial charge in [0.05, 0.1) is 0 Å². The van der Waals surface area contributed by atoms with Crippen LogP contribution in [-0.4, -0.2) is 10.9 Å². The predicted molar refractivity (Wildman–Crippen MR) is 115 cm³/mol. The largest absolute Gasteiger partial charge is 0.508 e. The third-order valence-electron chi connectivity index (χ3n) is 2.97. The lowest BCUT2D eigenvalue weighted by Gasteiger charge is -2.06. The summed E-state index contributed by atoms with van der Waals surface area (Å²) in [6, 6.07) is 14.0. The molecule has 2 nitrogen and oxygen atoms in total. The van der Waals surface area contributed by atoms with E-state index in [0.717, 1.165) is 5.92 Å². The average Bonchev–Trinajstić information content (AvgIpc) is 2.65. The van der Waals surface area contributed by atoms with E-state index in [1.54, 1.807) is 12.1 Å². The van der Waals surface area contributed by atoms with Crippen molar-refractivity contribution >= 4 is 5.78 Å². The van der Waals surface area contributed by atoms with Gasteiger partial charge >= 0.3 is 0 Å². The summed E-state index contributed by atoms with van der Waals surface area (Å²) in [5, 5.41) is 9.20. The molecule has 1 N–H and O–H groups in total. The monoisotopic (exact) mass is 358 g/mol. The van der Waals surface area contributed by atoms with Crippen molar-refractivity contribution in [1.82, 2.24) is 0 Å². The van der Waals surface area contributed by atoms with Crippen molar-refractivity contribution in [2.24, 2.45) is 5.92 Å². The minimum atomic E-state index is -0.0229. The van der Waals surface area contributed by atoms with E-state index in [1.807, 2.05) is 52.0 Å². The Hall–Kier alpha value is -2.09. The van der Waals surface area contributed by atoms with Crippen molar-refractivity contribution in [2.75, 3.05) is 0 Å². The van der Waals surface area contributed by atoms with Crippen LogP contribution in [0.5, 0.6) is 5.75 Å². The molecule has 0 atom stereocenters. The number of carbonyl (C=O) groups excluding carboxylic acids is 1. The molecule has 2 heteroatoms. The smallest absolute Gasteiger partial charge is 0.193 e. The maximum absolute atomic E-state index is 12.2. The number of rotatable bonds is 3. The van der Waals surface area contributed by atoms with Crippen LogP contribution in [0.3, 0.4) is 0 Å². The molecule has 0 saturated carbocycles. The van der Waals surface area contributed by atoms with Crippen molar-refractivity contribution < 1.29 is 9.90 Å². The highest BCUT2D eigenvalue weighted by molar-refractivity contribution is 6.09. The molecule has 0 heterocycles. The van der Waals surface area contributed by atoms with Crippen LogP contribution in [0, 0.1) is 5.92 Å². The van der Waals surface area contributed by atoms with Gasteiger partial charge in [-0.3, -0.25) is 4.79 Å². The number of benzene rings is 2. The lowest BCUT2D eigenvalue weighted by atomic mass is 9.98. The summed E-state index contributed by atoms with van der Waals surface area (Å²) in [4.78, 5) is 12.2. The SMILES string of the molecule is CC.CC.CC(C)C.CC(C)c1ccc(C(=O)c2ccc(O)cc2)cc1. The Morgan fingerprint density at radius 2 is 1.00 bits per heavy atom. The van der Waals surface area contributed by atoms with Crippen LogP contribution in [0.1, 0.15) is 89.7 Å². The quantitative estimate of drug-likeness (QED) is 0.578. The fraction of sp³-hybridized carbons (Fsp3) is 0.458. The molecular formula is C24H38O2. The number of aromatic hydroxyl groups is 1. The molecule has 0 fully saturated rings. The average molecular weight is 359 g/mol. The second-order valence-corrected chi connectivity index (χ2v) is 6.38. The molecule has 0 unspecified atom stereocenters. The van der Waals surface area contributed by atoms with Gasteiger partial charge in [-0.05, 0) is 41.7 Å². The van der Waals surface area contributed by atoms with E-state index in [9.17, 15) is 9.90 Å². The lowest BCUT2D eigenvalue weighted by Crippen LogP contribution is -2.01. The van der Waals surface area contributed by atoms with Crippen LogP contribution < -0.4 is 0 Å². The molecule has 0 aliphatic rings. The van der Waals surface area contributed by atoms with E-state index >= 15 is 0 Å². The van der Waals surface area contributed by atoms with Gasteiger partial charge in [-0.25, -0.2) is 0 Å². The van der Waals surface area contributed by atoms with E-state index in [1.165, 1.54) is 17.7 Å². The molecule has 0 amide bonds. The van der Waals surface area contributed by atoms with Gasteiger partial charge in [0, 0.05) is 11.1 Å². The molecule has 2 aromatic rings. The highest BCUT2D eigenvalue weighted by atomic mass is 16.3. The highest BCUT2D eigenvalue weighted by Crippen LogP contribution is 2.18. The van der Waals surface area contributed by atoms with Crippen LogP contribution in [0.25, 0.3) is 0 Å². The topological polar surface area (TPSA) is 37.3 Å². The number of phenols is 1. The fourth-order valence-corrected chi connectivity index (χ4v) is 1.80. The zero-order valence-corrected chi connectivity index (χ0v) is 18.1. The summed E-state index contributed by atoms with van der Waals surface area (Å²) in [5.74, 6) is 1.44. The summed E-state index contributed by atoms with van der Waals surface area (Å²) in [6.45, 7) is 18.7. The van der Waals surface area contributed by atoms with Crippen molar-refractivity contribution in [3.63, 3.8) is 0 Å². The van der Waals surface area contributed by atoms with Gasteiger partial charge in [-0.15, -0.1) is 0 Å². The van der Waals surface area contributed by atoms with Crippen molar-refractivity contribution in [3.05, 3.63) is 65.2 Å². The fourth-order valence-electron chi connectivity index (χ4n) is 1.80. The lowest BCUT2D eigenvalue weighted by molar-refractivity contribution is 0.103. The summed E-state index contributed by atoms with van der Waals surface area (Å²) in [7, 11) is 0. The Morgan fingerprint density at radius 1 is 0.692 bits per heavy atom. The maximum atomic E-state index is 12.2. The predicted octanol–water partition coefficient (Wildman–Crippen LogP) is 7.46. The molecule has 2 rings (SSSR count). The summed E-state index contributed by atoms with van der Waals surface area (Å²) in [6.07, 6.45) is 0. The molecule has 0 saturated heterocycles. The third kappa shape index (κ3) is 10.7. The van der Waals surface area contributed by atoms with Crippen molar-refractivity contribution in [1.29, 1.82) is 0 Å². The Labute approximate surface area is 161 Å². The van der Waals surface area contributed by atoms with Crippen LogP contribution in [0.15, 0.2) is 48.5 Å². The number of phenolic OH excluding ortho intramolecular Hbond substituents is 1. The number of ketones is 1. The van der Waals surface area contributed by atoms with E-state index in [2.05, 4.69) is 34.6 Å². The number of hydrogen-bond acceptors (Lipinski definition) is 2. The first kappa shape index (κ1) is 26.1. The van der Waals surface area contributed by atoms with Gasteiger partial charge in [-0.2, -0.15) is 0 Å². The Bertz CT molecular complexity index is 576. The van der Waals surface area contributed by atoms with E-state index < -0.39 is 0 Å². The molecule has 0 aliphatic carbocycles. The highest BCUT2D eigenvalue weighted by Gasteiger charge is 2.09. The summed E-state index contributed by atoms with van der Waals surface area (Å²) in [5.41, 5.74) is 2.48. The zero-order valence-electron chi connectivity index (χ0n) is 18.1. The molecule has 0 aliphatic heterocycles. The normalized spacial score (nSPS) is 9.19. The van der Waals surface area contributed by atoms with E-state index in [4.69, 9.17) is 0 Å². The number of carbonyl (C=O) groups is 1. The minimum Gasteiger partial charge on any atom is -0.508 e. The Balaban J connectivity index is 0. The molecule has 0 spiro atoms. The van der Waals surface area contributed by atoms with Gasteiger partial charge in [-0.1, -0.05) is 86.6 Å². The zero-order chi connectivity index (χ0) is 20.7. The van der Waals surface area contributed by atoms with Crippen LogP contribution in [-0.2, 0) is 0 Å². The Kier molecular flexibility index (Phi) is 15.3. The Morgan fingerprint density at radius 3 is 1.31 bits per heavy atom. The van der Waals surface area contributed by atoms with Gasteiger partial charge < -0.3 is 5.11 Å². The third-order valence-corrected chi connectivity index (χ3v) is 2.97. The summed E-state index contributed by atoms with van der Waals surface area (Å²) < 4.78 is 0. The molecule has 2 aromatic carbocycles. The first-order valence-corrected chi connectivity index (χ1v) is 9.75. The van der Waals surface area contributed by atoms with Crippen LogP contribution in [0.4, 0.5) is 0 Å². The van der Waals surface area contributed by atoms with Crippen LogP contribution in [0.2, 0.25) is 0 Å². The van der Waals surface area contributed by atoms with Crippen molar-refractivity contribution in [2.45, 2.75) is 68.2 Å². The maximum Gasteiger partial charge on any atom is 0.193 e. The van der Waals surface area contributed by atoms with Gasteiger partial charge in [0.15, 0.2) is 5.78 Å². The molecule has 26 heavy (non-hydrogen) atoms. The van der Waals surface area contributed by atoms with Gasteiger partial charge in [0.2, 0.25) is 0 Å². The van der Waals surface area contributed by atoms with E-state index in [0.29, 0.717) is 17.0 Å². The van der Waals surface area contributed by atoms with Crippen molar-refractivity contribution in [3.8, 4) is 5.75 Å². The minimum absolute atomic E-state index is 0.0229. The standard InChI is InChI=1S/C16H16O2.C4H10.2C2H6/c1-11(2)12-3-5-13(6-4-12)16(18)14-7-9-15(17)10-8-14;1-4(2)3;2*1-2/h3-11,17H,1-2H3;4H,1-3H3;2*1-2H3. The molecular weight excluding hydrogens is 320 g/mol. The second kappa shape index (κ2) is 15.2. The molecule has 0 bridgehead atoms. The first-order chi connectivity index (χ1) is 12.3. The number of hydrogen-bond donors (Lipinski definition) is 1.